The highest BCUT2D eigenvalue weighted by Crippen LogP contribution is 2.28. The van der Waals surface area contributed by atoms with Gasteiger partial charge in [0.05, 0.1) is 5.25 Å². The molecular weight excluding hydrogens is 250 g/mol. The summed E-state index contributed by atoms with van der Waals surface area (Å²) >= 11 is -1.97. The highest BCUT2D eigenvalue weighted by Gasteiger charge is 2.34. The van der Waals surface area contributed by atoms with Gasteiger partial charge in [-0.05, 0) is 19.3 Å². The van der Waals surface area contributed by atoms with Crippen LogP contribution in [0.15, 0.2) is 0 Å². The molecule has 0 spiro atoms. The fourth-order valence-corrected chi connectivity index (χ4v) is 2.52. The second-order valence-corrected chi connectivity index (χ2v) is 5.09. The van der Waals surface area contributed by atoms with Crippen LogP contribution < -0.4 is 5.32 Å². The first-order chi connectivity index (χ1) is 7.95. The van der Waals surface area contributed by atoms with Gasteiger partial charge in [-0.1, -0.05) is 0 Å². The van der Waals surface area contributed by atoms with E-state index < -0.39 is 40.2 Å². The number of nitrogens with one attached hydrogen (secondary N) is 1. The third-order valence-electron chi connectivity index (χ3n) is 2.74. The number of carbonyl (C=O) groups excluding carboxylic acids is 2. The monoisotopic (exact) mass is 263 g/mol. The SMILES string of the molecule is O=CC(NC(=O)C1CCC(S(=O)O)C1)C(=O)O. The Kier molecular flexibility index (Phi) is 4.76. The summed E-state index contributed by atoms with van der Waals surface area (Å²) in [6.45, 7) is 0. The number of amides is 1. The van der Waals surface area contributed by atoms with Crippen molar-refractivity contribution >= 4 is 29.2 Å². The van der Waals surface area contributed by atoms with Gasteiger partial charge >= 0.3 is 5.97 Å². The van der Waals surface area contributed by atoms with Gasteiger partial charge in [0.15, 0.2) is 23.4 Å². The molecule has 0 saturated heterocycles. The third kappa shape index (κ3) is 3.60. The van der Waals surface area contributed by atoms with Crippen LogP contribution in [0.1, 0.15) is 19.3 Å². The summed E-state index contributed by atoms with van der Waals surface area (Å²) in [5.74, 6) is -2.48. The van der Waals surface area contributed by atoms with Crippen molar-refractivity contribution in [2.24, 2.45) is 5.92 Å². The van der Waals surface area contributed by atoms with Crippen LogP contribution in [0, 0.1) is 5.92 Å². The summed E-state index contributed by atoms with van der Waals surface area (Å²) in [5, 5.41) is 10.2. The maximum absolute atomic E-state index is 11.6. The Bertz CT molecular complexity index is 357. The van der Waals surface area contributed by atoms with E-state index in [2.05, 4.69) is 5.32 Å². The number of carbonyl (C=O) groups is 3. The van der Waals surface area contributed by atoms with Crippen molar-refractivity contribution in [3.63, 3.8) is 0 Å². The van der Waals surface area contributed by atoms with E-state index in [-0.39, 0.29) is 12.7 Å². The van der Waals surface area contributed by atoms with Gasteiger partial charge in [-0.2, -0.15) is 0 Å². The first kappa shape index (κ1) is 13.8. The van der Waals surface area contributed by atoms with E-state index in [0.717, 1.165) is 0 Å². The molecule has 4 unspecified atom stereocenters. The Hall–Kier alpha value is -1.28. The largest absolute Gasteiger partial charge is 0.479 e. The molecule has 0 aromatic heterocycles. The predicted molar refractivity (Wildman–Crippen MR) is 57.5 cm³/mol. The van der Waals surface area contributed by atoms with Crippen LogP contribution >= 0.6 is 0 Å². The van der Waals surface area contributed by atoms with Crippen LogP contribution in [0.2, 0.25) is 0 Å². The molecule has 4 atom stereocenters. The normalized spacial score (nSPS) is 27.1. The number of carboxylic acids is 1. The molecule has 0 aromatic carbocycles. The highest BCUT2D eigenvalue weighted by molar-refractivity contribution is 7.79. The zero-order valence-electron chi connectivity index (χ0n) is 8.87. The van der Waals surface area contributed by atoms with E-state index in [1.165, 1.54) is 0 Å². The molecule has 1 amide bonds. The molecule has 17 heavy (non-hydrogen) atoms. The van der Waals surface area contributed by atoms with Crippen LogP contribution in [-0.4, -0.2) is 43.3 Å². The average molecular weight is 263 g/mol. The lowest BCUT2D eigenvalue weighted by atomic mass is 10.1. The fraction of sp³-hybridized carbons (Fsp3) is 0.667. The van der Waals surface area contributed by atoms with Crippen LogP contribution in [0.5, 0.6) is 0 Å². The van der Waals surface area contributed by atoms with Crippen molar-refractivity contribution in [1.82, 2.24) is 5.32 Å². The number of carboxylic acid groups (broad SMARTS) is 1. The molecule has 1 fully saturated rings. The minimum atomic E-state index is -1.97. The maximum Gasteiger partial charge on any atom is 0.333 e. The molecule has 0 bridgehead atoms. The topological polar surface area (TPSA) is 121 Å². The molecule has 0 aliphatic heterocycles. The van der Waals surface area contributed by atoms with E-state index in [1.807, 2.05) is 0 Å². The van der Waals surface area contributed by atoms with Gasteiger partial charge in [0.2, 0.25) is 5.91 Å². The molecule has 3 N–H and O–H groups in total. The summed E-state index contributed by atoms with van der Waals surface area (Å²) in [6.07, 6.45) is 1.24. The first-order valence-corrected chi connectivity index (χ1v) is 6.20. The fourth-order valence-electron chi connectivity index (χ4n) is 1.79. The molecule has 0 heterocycles. The van der Waals surface area contributed by atoms with Crippen molar-refractivity contribution in [3.8, 4) is 0 Å². The molecule has 1 aliphatic rings. The molecule has 0 aromatic rings. The number of aliphatic carboxylic acids is 1. The lowest BCUT2D eigenvalue weighted by Gasteiger charge is -2.12. The number of hydrogen-bond acceptors (Lipinski definition) is 4. The van der Waals surface area contributed by atoms with Gasteiger partial charge in [0.25, 0.3) is 0 Å². The summed E-state index contributed by atoms with van der Waals surface area (Å²) in [4.78, 5) is 32.5. The average Bonchev–Trinajstić information content (AvgIpc) is 2.74. The third-order valence-corrected chi connectivity index (χ3v) is 3.74. The minimum absolute atomic E-state index is 0.136. The van der Waals surface area contributed by atoms with Gasteiger partial charge in [0, 0.05) is 5.92 Å². The smallest absolute Gasteiger partial charge is 0.333 e. The van der Waals surface area contributed by atoms with Gasteiger partial charge in [-0.25, -0.2) is 9.00 Å². The minimum Gasteiger partial charge on any atom is -0.479 e. The molecular formula is C9H13NO6S. The lowest BCUT2D eigenvalue weighted by molar-refractivity contribution is -0.144. The molecule has 8 heteroatoms. The predicted octanol–water partition coefficient (Wildman–Crippen LogP) is -0.855. The zero-order chi connectivity index (χ0) is 13.0. The van der Waals surface area contributed by atoms with E-state index in [9.17, 15) is 18.6 Å². The van der Waals surface area contributed by atoms with Crippen molar-refractivity contribution in [2.45, 2.75) is 30.6 Å². The van der Waals surface area contributed by atoms with Crippen LogP contribution in [0.4, 0.5) is 0 Å². The molecule has 1 aliphatic carbocycles. The van der Waals surface area contributed by atoms with E-state index in [4.69, 9.17) is 9.66 Å². The lowest BCUT2D eigenvalue weighted by Crippen LogP contribution is -2.44. The first-order valence-electron chi connectivity index (χ1n) is 5.03. The standard InChI is InChI=1S/C9H13NO6S/c11-4-7(9(13)14)10-8(12)5-1-2-6(3-5)17(15)16/h4-7H,1-3H2,(H,10,12)(H,13,14)(H,15,16). The Labute approximate surface area is 99.9 Å². The second kappa shape index (κ2) is 5.87. The number of rotatable bonds is 5. The van der Waals surface area contributed by atoms with Crippen LogP contribution in [0.3, 0.4) is 0 Å². The zero-order valence-corrected chi connectivity index (χ0v) is 9.68. The molecule has 7 nitrogen and oxygen atoms in total. The van der Waals surface area contributed by atoms with Gasteiger partial charge < -0.3 is 19.8 Å². The number of hydrogen-bond donors (Lipinski definition) is 3. The van der Waals surface area contributed by atoms with E-state index in [1.54, 1.807) is 0 Å². The van der Waals surface area contributed by atoms with Gasteiger partial charge in [-0.3, -0.25) is 4.79 Å². The molecule has 1 saturated carbocycles. The Morgan fingerprint density at radius 1 is 1.41 bits per heavy atom. The van der Waals surface area contributed by atoms with Gasteiger partial charge in [-0.15, -0.1) is 0 Å². The highest BCUT2D eigenvalue weighted by atomic mass is 32.2. The van der Waals surface area contributed by atoms with E-state index >= 15 is 0 Å². The van der Waals surface area contributed by atoms with Crippen molar-refractivity contribution < 1.29 is 28.3 Å². The van der Waals surface area contributed by atoms with E-state index in [0.29, 0.717) is 12.8 Å². The van der Waals surface area contributed by atoms with Crippen molar-refractivity contribution in [3.05, 3.63) is 0 Å². The second-order valence-electron chi connectivity index (χ2n) is 3.87. The Morgan fingerprint density at radius 3 is 2.47 bits per heavy atom. The van der Waals surface area contributed by atoms with Crippen molar-refractivity contribution in [1.29, 1.82) is 0 Å². The number of aldehydes is 1. The van der Waals surface area contributed by atoms with Crippen LogP contribution in [-0.2, 0) is 25.5 Å². The summed E-state index contributed by atoms with van der Waals surface area (Å²) in [6, 6.07) is -1.55. The molecule has 1 rings (SSSR count). The summed E-state index contributed by atoms with van der Waals surface area (Å²) in [7, 11) is 0. The Balaban J connectivity index is 2.52. The maximum atomic E-state index is 11.6. The van der Waals surface area contributed by atoms with Crippen molar-refractivity contribution in [2.75, 3.05) is 0 Å². The molecule has 0 radical (unpaired) electrons. The quantitative estimate of drug-likeness (QED) is 0.337. The summed E-state index contributed by atoms with van der Waals surface area (Å²) < 4.78 is 19.6. The summed E-state index contributed by atoms with van der Waals surface area (Å²) in [5.41, 5.74) is 0. The van der Waals surface area contributed by atoms with Crippen LogP contribution in [0.25, 0.3) is 0 Å². The van der Waals surface area contributed by atoms with Gasteiger partial charge in [0.1, 0.15) is 0 Å². The molecule has 96 valence electrons. The Morgan fingerprint density at radius 2 is 2.06 bits per heavy atom.